The molecule has 0 amide bonds. The zero-order chi connectivity index (χ0) is 17.5. The molecule has 1 aromatic heterocycles. The van der Waals surface area contributed by atoms with Crippen molar-refractivity contribution in [3.8, 4) is 5.75 Å². The normalized spacial score (nSPS) is 15.2. The summed E-state index contributed by atoms with van der Waals surface area (Å²) < 4.78 is 23.3. The molecule has 24 heavy (non-hydrogen) atoms. The number of aromatic nitrogens is 2. The number of benzene rings is 1. The lowest BCUT2D eigenvalue weighted by Gasteiger charge is -2.27. The number of halogens is 1. The fourth-order valence-electron chi connectivity index (χ4n) is 2.69. The van der Waals surface area contributed by atoms with Crippen molar-refractivity contribution in [1.29, 1.82) is 0 Å². The second kappa shape index (κ2) is 6.19. The van der Waals surface area contributed by atoms with Crippen molar-refractivity contribution >= 4 is 21.4 Å². The Morgan fingerprint density at radius 3 is 2.83 bits per heavy atom. The summed E-state index contributed by atoms with van der Waals surface area (Å²) in [4.78, 5) is 20.6. The number of nitrogens with one attached hydrogen (secondary N) is 1. The summed E-state index contributed by atoms with van der Waals surface area (Å²) in [5, 5.41) is 9.44. The Bertz CT molecular complexity index is 956. The lowest BCUT2D eigenvalue weighted by atomic mass is 10.1. The molecule has 0 fully saturated rings. The van der Waals surface area contributed by atoms with Crippen molar-refractivity contribution in [1.82, 2.24) is 14.9 Å². The van der Waals surface area contributed by atoms with E-state index >= 15 is 0 Å². The molecular weight excluding hydrogens is 354 g/mol. The van der Waals surface area contributed by atoms with Crippen LogP contribution in [0.1, 0.15) is 16.8 Å². The molecule has 3 rings (SSSR count). The number of hydrogen-bond acceptors (Lipinski definition) is 6. The minimum atomic E-state index is -3.58. The Morgan fingerprint density at radius 2 is 2.17 bits per heavy atom. The zero-order valence-corrected chi connectivity index (χ0v) is 14.5. The molecular formula is C15H16ClN3O4S. The lowest BCUT2D eigenvalue weighted by Crippen LogP contribution is -2.35. The average Bonchev–Trinajstić information content (AvgIpc) is 2.50. The molecule has 2 N–H and O–H groups in total. The van der Waals surface area contributed by atoms with Gasteiger partial charge in [0.1, 0.15) is 5.75 Å². The van der Waals surface area contributed by atoms with Crippen LogP contribution in [-0.4, -0.2) is 41.2 Å². The maximum Gasteiger partial charge on any atom is 0.255 e. The number of aromatic amines is 1. The molecule has 0 saturated carbocycles. The fraction of sp³-hybridized carbons (Fsp3) is 0.333. The van der Waals surface area contributed by atoms with Gasteiger partial charge in [0.05, 0.1) is 10.7 Å². The number of H-pyrrole nitrogens is 1. The number of hydrogen-bond donors (Lipinski definition) is 2. The Kier molecular flexibility index (Phi) is 4.37. The number of aromatic hydroxyl groups is 1. The molecule has 0 unspecified atom stereocenters. The van der Waals surface area contributed by atoms with E-state index in [0.29, 0.717) is 37.3 Å². The largest absolute Gasteiger partial charge is 0.506 e. The van der Waals surface area contributed by atoms with Crippen LogP contribution in [0, 0.1) is 0 Å². The Hall–Kier alpha value is -1.90. The van der Waals surface area contributed by atoms with E-state index in [-0.39, 0.29) is 15.9 Å². The predicted molar refractivity (Wildman–Crippen MR) is 88.9 cm³/mol. The molecule has 7 nitrogen and oxygen atoms in total. The van der Waals surface area contributed by atoms with Crippen molar-refractivity contribution in [3.05, 3.63) is 50.4 Å². The molecule has 0 spiro atoms. The molecule has 2 aromatic rings. The molecule has 1 aliphatic heterocycles. The van der Waals surface area contributed by atoms with Gasteiger partial charge in [-0.2, -0.15) is 0 Å². The third kappa shape index (κ3) is 3.45. The summed E-state index contributed by atoms with van der Waals surface area (Å²) in [6, 6.07) is 4.98. The highest BCUT2D eigenvalue weighted by Crippen LogP contribution is 2.25. The summed E-state index contributed by atoms with van der Waals surface area (Å²) >= 11 is 5.91. The lowest BCUT2D eigenvalue weighted by molar-refractivity contribution is 0.239. The number of fused-ring (bicyclic) bond motifs is 1. The second-order valence-corrected chi connectivity index (χ2v) is 8.15. The van der Waals surface area contributed by atoms with Crippen molar-refractivity contribution in [2.24, 2.45) is 0 Å². The quantitative estimate of drug-likeness (QED) is 0.785. The first kappa shape index (κ1) is 16.9. The van der Waals surface area contributed by atoms with Crippen molar-refractivity contribution in [2.75, 3.05) is 12.8 Å². The van der Waals surface area contributed by atoms with Gasteiger partial charge < -0.3 is 5.11 Å². The van der Waals surface area contributed by atoms with Gasteiger partial charge in [-0.05, 0) is 24.1 Å². The summed E-state index contributed by atoms with van der Waals surface area (Å²) in [5.41, 5.74) is 1.53. The van der Waals surface area contributed by atoms with Gasteiger partial charge in [-0.1, -0.05) is 17.7 Å². The van der Waals surface area contributed by atoms with Gasteiger partial charge in [-0.25, -0.2) is 13.4 Å². The molecule has 128 valence electrons. The number of rotatable bonds is 3. The maximum atomic E-state index is 12.1. The number of nitrogens with zero attached hydrogens (tertiary/aromatic N) is 2. The van der Waals surface area contributed by atoms with Gasteiger partial charge in [0.15, 0.2) is 0 Å². The van der Waals surface area contributed by atoms with Gasteiger partial charge in [-0.3, -0.25) is 14.7 Å². The summed E-state index contributed by atoms with van der Waals surface area (Å²) in [6.07, 6.45) is 1.50. The molecule has 0 atom stereocenters. The molecule has 1 aromatic carbocycles. The van der Waals surface area contributed by atoms with E-state index in [2.05, 4.69) is 9.97 Å². The first-order valence-corrected chi connectivity index (χ1v) is 9.53. The van der Waals surface area contributed by atoms with Crippen LogP contribution in [0.2, 0.25) is 5.02 Å². The number of phenols is 1. The highest BCUT2D eigenvalue weighted by Gasteiger charge is 2.23. The van der Waals surface area contributed by atoms with Gasteiger partial charge >= 0.3 is 0 Å². The molecule has 9 heteroatoms. The van der Waals surface area contributed by atoms with Gasteiger partial charge in [0.25, 0.3) is 5.56 Å². The standard InChI is InChI=1S/C15H16ClN3O4S/c1-24(22,23)15-17-12-8-19(5-4-10(12)14(21)18-15)7-9-2-3-13(20)11(16)6-9/h2-3,6,20H,4-5,7-8H2,1H3,(H,17,18,21). The SMILES string of the molecule is CS(=O)(=O)c1nc2c(c(=O)[nH]1)CCN(Cc1ccc(O)c(Cl)c1)C2. The zero-order valence-electron chi connectivity index (χ0n) is 12.9. The molecule has 0 bridgehead atoms. The van der Waals surface area contributed by atoms with Crippen molar-refractivity contribution in [2.45, 2.75) is 24.7 Å². The smallest absolute Gasteiger partial charge is 0.255 e. The van der Waals surface area contributed by atoms with E-state index in [4.69, 9.17) is 11.6 Å². The summed E-state index contributed by atoms with van der Waals surface area (Å²) in [7, 11) is -3.58. The van der Waals surface area contributed by atoms with Crippen LogP contribution in [0.15, 0.2) is 28.2 Å². The third-order valence-corrected chi connectivity index (χ3v) is 5.10. The number of phenolic OH excluding ortho intramolecular Hbond substituents is 1. The summed E-state index contributed by atoms with van der Waals surface area (Å²) in [6.45, 7) is 1.58. The van der Waals surface area contributed by atoms with Gasteiger partial charge in [-0.15, -0.1) is 0 Å². The Labute approximate surface area is 143 Å². The van der Waals surface area contributed by atoms with Crippen LogP contribution < -0.4 is 5.56 Å². The van der Waals surface area contributed by atoms with Crippen molar-refractivity contribution in [3.63, 3.8) is 0 Å². The Balaban J connectivity index is 1.87. The molecule has 2 heterocycles. The van der Waals surface area contributed by atoms with E-state index in [1.54, 1.807) is 12.1 Å². The van der Waals surface area contributed by atoms with Crippen LogP contribution in [0.5, 0.6) is 5.75 Å². The Morgan fingerprint density at radius 1 is 1.42 bits per heavy atom. The van der Waals surface area contributed by atoms with Crippen LogP contribution in [-0.2, 0) is 29.3 Å². The van der Waals surface area contributed by atoms with Crippen LogP contribution in [0.4, 0.5) is 0 Å². The van der Waals surface area contributed by atoms with E-state index < -0.39 is 15.4 Å². The first-order valence-electron chi connectivity index (χ1n) is 7.26. The first-order chi connectivity index (χ1) is 11.2. The maximum absolute atomic E-state index is 12.1. The molecule has 0 saturated heterocycles. The minimum absolute atomic E-state index is 0.0235. The van der Waals surface area contributed by atoms with Crippen LogP contribution in [0.3, 0.4) is 0 Å². The van der Waals surface area contributed by atoms with E-state index in [0.717, 1.165) is 11.8 Å². The van der Waals surface area contributed by atoms with Crippen LogP contribution >= 0.6 is 11.6 Å². The second-order valence-electron chi connectivity index (χ2n) is 5.81. The van der Waals surface area contributed by atoms with E-state index in [1.807, 2.05) is 4.90 Å². The van der Waals surface area contributed by atoms with Gasteiger partial charge in [0, 0.05) is 31.5 Å². The fourth-order valence-corrected chi connectivity index (χ4v) is 3.45. The topological polar surface area (TPSA) is 103 Å². The van der Waals surface area contributed by atoms with Crippen LogP contribution in [0.25, 0.3) is 0 Å². The average molecular weight is 370 g/mol. The monoisotopic (exact) mass is 369 g/mol. The molecule has 1 aliphatic rings. The minimum Gasteiger partial charge on any atom is -0.506 e. The highest BCUT2D eigenvalue weighted by molar-refractivity contribution is 7.90. The van der Waals surface area contributed by atoms with E-state index in [1.165, 1.54) is 6.07 Å². The molecule has 0 aliphatic carbocycles. The number of sulfone groups is 1. The van der Waals surface area contributed by atoms with Crippen molar-refractivity contribution < 1.29 is 13.5 Å². The predicted octanol–water partition coefficient (Wildman–Crippen LogP) is 1.09. The molecule has 0 radical (unpaired) electrons. The summed E-state index contributed by atoms with van der Waals surface area (Å²) in [5.74, 6) is 0.0235. The van der Waals surface area contributed by atoms with Gasteiger partial charge in [0.2, 0.25) is 15.0 Å². The van der Waals surface area contributed by atoms with E-state index in [9.17, 15) is 18.3 Å². The third-order valence-electron chi connectivity index (χ3n) is 3.90. The highest BCUT2D eigenvalue weighted by atomic mass is 35.5.